The molecule has 0 unspecified atom stereocenters. The first-order chi connectivity index (χ1) is 13.5. The Hall–Kier alpha value is -1.69. The van der Waals surface area contributed by atoms with Crippen LogP contribution in [0.1, 0.15) is 75.7 Å². The van der Waals surface area contributed by atoms with E-state index in [1.165, 1.54) is 0 Å². The predicted octanol–water partition coefficient (Wildman–Crippen LogP) is 3.56. The normalized spacial score (nSPS) is 16.1. The van der Waals surface area contributed by atoms with E-state index < -0.39 is 17.5 Å². The number of rotatable bonds is 9. The molecule has 6 heteroatoms. The number of carbonyl (C=O) groups excluding carboxylic acids is 3. The highest BCUT2D eigenvalue weighted by atomic mass is 16.2. The molecule has 0 aliphatic rings. The van der Waals surface area contributed by atoms with E-state index in [9.17, 15) is 14.4 Å². The minimum atomic E-state index is -0.690. The number of likely N-dealkylation sites (N-methyl/N-ethyl adjacent to an activating group) is 2. The fraction of sp³-hybridized carbons (Fsp3) is 0.792. The summed E-state index contributed by atoms with van der Waals surface area (Å²) in [5.41, 5.74) is -0.108. The maximum atomic E-state index is 13.5. The Bertz CT molecular complexity index is 639. The minimum absolute atomic E-state index is 0.0733. The van der Waals surface area contributed by atoms with Crippen LogP contribution in [0.4, 0.5) is 0 Å². The Morgan fingerprint density at radius 1 is 0.967 bits per heavy atom. The van der Waals surface area contributed by atoms with E-state index in [0.29, 0.717) is 12.0 Å². The summed E-state index contributed by atoms with van der Waals surface area (Å²) in [6.07, 6.45) is 2.31. The summed E-state index contributed by atoms with van der Waals surface area (Å²) in [4.78, 5) is 40.3. The van der Waals surface area contributed by atoms with Gasteiger partial charge in [-0.15, -0.1) is 0 Å². The number of carbonyl (C=O) groups is 3. The van der Waals surface area contributed by atoms with Crippen molar-refractivity contribution in [2.45, 2.75) is 93.8 Å². The molecular weight excluding hydrogens is 378 g/mol. The first-order valence-electron chi connectivity index (χ1n) is 10.9. The van der Waals surface area contributed by atoms with E-state index in [-0.39, 0.29) is 35.0 Å². The molecule has 0 aliphatic heterocycles. The van der Waals surface area contributed by atoms with Crippen LogP contribution < -0.4 is 10.6 Å². The van der Waals surface area contributed by atoms with Gasteiger partial charge in [0.1, 0.15) is 6.04 Å². The molecule has 0 rings (SSSR count). The second-order valence-corrected chi connectivity index (χ2v) is 10.7. The molecule has 0 heterocycles. The van der Waals surface area contributed by atoms with Crippen molar-refractivity contribution in [1.82, 2.24) is 15.5 Å². The highest BCUT2D eigenvalue weighted by Gasteiger charge is 2.39. The molecule has 0 radical (unpaired) electrons. The van der Waals surface area contributed by atoms with Crippen LogP contribution in [0.2, 0.25) is 0 Å². The summed E-state index contributed by atoms with van der Waals surface area (Å²) in [5.74, 6) is -0.161. The van der Waals surface area contributed by atoms with E-state index in [1.54, 1.807) is 25.9 Å². The van der Waals surface area contributed by atoms with E-state index in [2.05, 4.69) is 10.6 Å². The average molecular weight is 424 g/mol. The standard InChI is InChI=1S/C24H45N3O3/c1-13-18(28)16(4)14-17(15(2)3)27(12)22(30)20(24(8,9)10)26-21(29)19(25-11)23(5,6)7/h14-15,17,19-20,25H,13H2,1-12H3,(H,26,29)/b16-14+/t17-,19-,20-/m1/s1. The third kappa shape index (κ3) is 7.86. The Labute approximate surface area is 184 Å². The lowest BCUT2D eigenvalue weighted by atomic mass is 9.83. The summed E-state index contributed by atoms with van der Waals surface area (Å²) in [6, 6.07) is -1.35. The summed E-state index contributed by atoms with van der Waals surface area (Å²) in [5, 5.41) is 6.06. The molecule has 174 valence electrons. The van der Waals surface area contributed by atoms with Crippen LogP contribution in [0, 0.1) is 16.7 Å². The van der Waals surface area contributed by atoms with Crippen molar-refractivity contribution >= 4 is 17.6 Å². The van der Waals surface area contributed by atoms with E-state index >= 15 is 0 Å². The van der Waals surface area contributed by atoms with Crippen LogP contribution >= 0.6 is 0 Å². The van der Waals surface area contributed by atoms with Crippen LogP contribution in [-0.2, 0) is 14.4 Å². The summed E-state index contributed by atoms with van der Waals surface area (Å²) in [6.45, 7) is 19.5. The molecule has 6 nitrogen and oxygen atoms in total. The van der Waals surface area contributed by atoms with Gasteiger partial charge < -0.3 is 15.5 Å². The lowest BCUT2D eigenvalue weighted by Gasteiger charge is -2.39. The molecule has 0 fully saturated rings. The molecule has 0 bridgehead atoms. The first kappa shape index (κ1) is 28.3. The number of nitrogens with one attached hydrogen (secondary N) is 2. The Morgan fingerprint density at radius 2 is 1.43 bits per heavy atom. The Morgan fingerprint density at radius 3 is 1.77 bits per heavy atom. The van der Waals surface area contributed by atoms with Crippen LogP contribution in [0.3, 0.4) is 0 Å². The van der Waals surface area contributed by atoms with Crippen LogP contribution in [0.25, 0.3) is 0 Å². The van der Waals surface area contributed by atoms with Crippen LogP contribution in [-0.4, -0.2) is 54.7 Å². The van der Waals surface area contributed by atoms with Gasteiger partial charge >= 0.3 is 0 Å². The smallest absolute Gasteiger partial charge is 0.245 e. The van der Waals surface area contributed by atoms with Gasteiger partial charge in [-0.05, 0) is 36.3 Å². The number of ketones is 1. The molecule has 3 atom stereocenters. The number of nitrogens with zero attached hydrogens (tertiary/aromatic N) is 1. The number of Topliss-reactive ketones (excluding diaryl/α,β-unsaturated/α-hetero) is 1. The Kier molecular flexibility index (Phi) is 10.5. The van der Waals surface area contributed by atoms with Gasteiger partial charge in [0.05, 0.1) is 12.1 Å². The first-order valence-corrected chi connectivity index (χ1v) is 10.9. The molecular formula is C24H45N3O3. The van der Waals surface area contributed by atoms with Crippen molar-refractivity contribution in [2.24, 2.45) is 16.7 Å². The molecule has 0 aromatic rings. The van der Waals surface area contributed by atoms with Gasteiger partial charge in [0.25, 0.3) is 0 Å². The highest BCUT2D eigenvalue weighted by molar-refractivity contribution is 5.95. The fourth-order valence-corrected chi connectivity index (χ4v) is 3.56. The zero-order chi connectivity index (χ0) is 24.0. The highest BCUT2D eigenvalue weighted by Crippen LogP contribution is 2.25. The van der Waals surface area contributed by atoms with Gasteiger partial charge in [-0.25, -0.2) is 0 Å². The maximum Gasteiger partial charge on any atom is 0.245 e. The average Bonchev–Trinajstić information content (AvgIpc) is 2.60. The maximum absolute atomic E-state index is 13.5. The van der Waals surface area contributed by atoms with Crippen molar-refractivity contribution in [2.75, 3.05) is 14.1 Å². The van der Waals surface area contributed by atoms with Gasteiger partial charge in [-0.2, -0.15) is 0 Å². The second kappa shape index (κ2) is 11.1. The monoisotopic (exact) mass is 423 g/mol. The SMILES string of the molecule is CCC(=O)/C(C)=C/[C@H](C(C)C)N(C)C(=O)[C@@H](NC(=O)[C@@H](NC)C(C)(C)C)C(C)(C)C. The van der Waals surface area contributed by atoms with Crippen molar-refractivity contribution in [3.05, 3.63) is 11.6 Å². The second-order valence-electron chi connectivity index (χ2n) is 10.7. The van der Waals surface area contributed by atoms with Crippen LogP contribution in [0.5, 0.6) is 0 Å². The number of amides is 2. The summed E-state index contributed by atoms with van der Waals surface area (Å²) < 4.78 is 0. The molecule has 0 saturated heterocycles. The van der Waals surface area contributed by atoms with Gasteiger partial charge in [-0.3, -0.25) is 14.4 Å². The number of allylic oxidation sites excluding steroid dienone is 1. The molecule has 0 saturated carbocycles. The molecule has 0 spiro atoms. The zero-order valence-electron chi connectivity index (χ0n) is 21.3. The number of hydrogen-bond acceptors (Lipinski definition) is 4. The van der Waals surface area contributed by atoms with E-state index in [4.69, 9.17) is 0 Å². The zero-order valence-corrected chi connectivity index (χ0v) is 21.3. The molecule has 2 amide bonds. The fourth-order valence-electron chi connectivity index (χ4n) is 3.56. The summed E-state index contributed by atoms with van der Waals surface area (Å²) in [7, 11) is 3.50. The minimum Gasteiger partial charge on any atom is -0.342 e. The van der Waals surface area contributed by atoms with Gasteiger partial charge in [-0.1, -0.05) is 68.4 Å². The molecule has 0 aromatic heterocycles. The molecule has 0 aromatic carbocycles. The van der Waals surface area contributed by atoms with E-state index in [1.807, 2.05) is 68.4 Å². The Balaban J connectivity index is 5.92. The van der Waals surface area contributed by atoms with Crippen molar-refractivity contribution < 1.29 is 14.4 Å². The summed E-state index contributed by atoms with van der Waals surface area (Å²) >= 11 is 0. The third-order valence-electron chi connectivity index (χ3n) is 5.48. The lowest BCUT2D eigenvalue weighted by Crippen LogP contribution is -2.60. The molecule has 0 aliphatic carbocycles. The quantitative estimate of drug-likeness (QED) is 0.556. The van der Waals surface area contributed by atoms with Gasteiger partial charge in [0.15, 0.2) is 5.78 Å². The number of hydrogen-bond donors (Lipinski definition) is 2. The van der Waals surface area contributed by atoms with Gasteiger partial charge in [0, 0.05) is 13.5 Å². The molecule has 2 N–H and O–H groups in total. The van der Waals surface area contributed by atoms with Crippen LogP contribution in [0.15, 0.2) is 11.6 Å². The predicted molar refractivity (Wildman–Crippen MR) is 124 cm³/mol. The lowest BCUT2D eigenvalue weighted by molar-refractivity contribution is -0.141. The topological polar surface area (TPSA) is 78.5 Å². The van der Waals surface area contributed by atoms with Gasteiger partial charge in [0.2, 0.25) is 11.8 Å². The van der Waals surface area contributed by atoms with Crippen molar-refractivity contribution in [3.8, 4) is 0 Å². The van der Waals surface area contributed by atoms with Crippen molar-refractivity contribution in [1.29, 1.82) is 0 Å². The van der Waals surface area contributed by atoms with E-state index in [0.717, 1.165) is 0 Å². The molecule has 30 heavy (non-hydrogen) atoms. The third-order valence-corrected chi connectivity index (χ3v) is 5.48. The largest absolute Gasteiger partial charge is 0.342 e. The van der Waals surface area contributed by atoms with Crippen molar-refractivity contribution in [3.63, 3.8) is 0 Å².